The lowest BCUT2D eigenvalue weighted by molar-refractivity contribution is -0.129. The molecule has 0 atom stereocenters. The molecule has 23 heavy (non-hydrogen) atoms. The summed E-state index contributed by atoms with van der Waals surface area (Å²) in [6.07, 6.45) is 3.66. The SMILES string of the molecule is CCn1nccc1-c1cc(C)nc(C2CCN(C(C)=O)CC2)n1. The first-order chi connectivity index (χ1) is 11.1. The average Bonchev–Trinajstić information content (AvgIpc) is 3.03. The van der Waals surface area contributed by atoms with Gasteiger partial charge in [0.05, 0.1) is 11.4 Å². The molecule has 1 saturated heterocycles. The van der Waals surface area contributed by atoms with Crippen LogP contribution in [0.15, 0.2) is 18.3 Å². The van der Waals surface area contributed by atoms with Crippen LogP contribution in [-0.2, 0) is 11.3 Å². The largest absolute Gasteiger partial charge is 0.343 e. The summed E-state index contributed by atoms with van der Waals surface area (Å²) in [6.45, 7) is 8.11. The normalized spacial score (nSPS) is 15.9. The fraction of sp³-hybridized carbons (Fsp3) is 0.529. The maximum absolute atomic E-state index is 11.5. The Morgan fingerprint density at radius 3 is 2.70 bits per heavy atom. The third kappa shape index (κ3) is 3.25. The number of carbonyl (C=O) groups excluding carboxylic acids is 1. The Bertz CT molecular complexity index is 701. The van der Waals surface area contributed by atoms with Gasteiger partial charge >= 0.3 is 0 Å². The molecule has 0 bridgehead atoms. The van der Waals surface area contributed by atoms with Gasteiger partial charge in [0.2, 0.25) is 5.91 Å². The van der Waals surface area contributed by atoms with Crippen LogP contribution in [0.5, 0.6) is 0 Å². The lowest BCUT2D eigenvalue weighted by atomic mass is 9.95. The smallest absolute Gasteiger partial charge is 0.219 e. The molecule has 0 saturated carbocycles. The minimum absolute atomic E-state index is 0.154. The summed E-state index contributed by atoms with van der Waals surface area (Å²) in [7, 11) is 0. The van der Waals surface area contributed by atoms with E-state index in [-0.39, 0.29) is 5.91 Å². The Balaban J connectivity index is 1.86. The van der Waals surface area contributed by atoms with Crippen molar-refractivity contribution in [3.8, 4) is 11.4 Å². The Morgan fingerprint density at radius 1 is 1.30 bits per heavy atom. The molecule has 0 aliphatic carbocycles. The van der Waals surface area contributed by atoms with Crippen molar-refractivity contribution in [3.05, 3.63) is 29.8 Å². The van der Waals surface area contributed by atoms with Gasteiger partial charge in [-0.15, -0.1) is 0 Å². The van der Waals surface area contributed by atoms with E-state index in [9.17, 15) is 4.79 Å². The van der Waals surface area contributed by atoms with Crippen molar-refractivity contribution in [1.29, 1.82) is 0 Å². The molecule has 3 rings (SSSR count). The van der Waals surface area contributed by atoms with Crippen molar-refractivity contribution in [2.45, 2.75) is 46.1 Å². The van der Waals surface area contributed by atoms with Gasteiger partial charge in [0, 0.05) is 44.4 Å². The van der Waals surface area contributed by atoms with Crippen molar-refractivity contribution in [2.24, 2.45) is 0 Å². The molecular weight excluding hydrogens is 290 g/mol. The minimum atomic E-state index is 0.154. The predicted molar refractivity (Wildman–Crippen MR) is 87.9 cm³/mol. The number of rotatable bonds is 3. The number of likely N-dealkylation sites (tertiary alicyclic amines) is 1. The average molecular weight is 313 g/mol. The van der Waals surface area contributed by atoms with E-state index in [4.69, 9.17) is 4.98 Å². The first-order valence-corrected chi connectivity index (χ1v) is 8.21. The Hall–Kier alpha value is -2.24. The number of aryl methyl sites for hydroxylation is 2. The van der Waals surface area contributed by atoms with Crippen molar-refractivity contribution >= 4 is 5.91 Å². The molecule has 0 unspecified atom stereocenters. The maximum atomic E-state index is 11.5. The summed E-state index contributed by atoms with van der Waals surface area (Å²) >= 11 is 0. The number of hydrogen-bond acceptors (Lipinski definition) is 4. The van der Waals surface area contributed by atoms with Crippen LogP contribution in [0.4, 0.5) is 0 Å². The Kier molecular flexibility index (Phi) is 4.41. The van der Waals surface area contributed by atoms with E-state index in [2.05, 4.69) is 17.0 Å². The van der Waals surface area contributed by atoms with Gasteiger partial charge in [0.15, 0.2) is 0 Å². The molecule has 2 aromatic heterocycles. The summed E-state index contributed by atoms with van der Waals surface area (Å²) < 4.78 is 1.95. The Morgan fingerprint density at radius 2 is 2.04 bits per heavy atom. The number of aromatic nitrogens is 4. The molecule has 1 amide bonds. The second kappa shape index (κ2) is 6.48. The van der Waals surface area contributed by atoms with Crippen LogP contribution in [0.2, 0.25) is 0 Å². The number of nitrogens with zero attached hydrogens (tertiary/aromatic N) is 5. The molecule has 0 radical (unpaired) electrons. The third-order valence-electron chi connectivity index (χ3n) is 4.46. The fourth-order valence-electron chi connectivity index (χ4n) is 3.16. The molecule has 122 valence electrons. The highest BCUT2D eigenvalue weighted by Crippen LogP contribution is 2.28. The zero-order chi connectivity index (χ0) is 16.4. The zero-order valence-corrected chi connectivity index (χ0v) is 14.0. The maximum Gasteiger partial charge on any atom is 0.219 e. The topological polar surface area (TPSA) is 63.9 Å². The molecular formula is C17H23N5O. The van der Waals surface area contributed by atoms with Gasteiger partial charge < -0.3 is 4.90 Å². The lowest BCUT2D eigenvalue weighted by Gasteiger charge is -2.30. The Labute approximate surface area is 136 Å². The number of piperidine rings is 1. The van der Waals surface area contributed by atoms with Gasteiger partial charge in [-0.05, 0) is 38.8 Å². The highest BCUT2D eigenvalue weighted by atomic mass is 16.2. The van der Waals surface area contributed by atoms with Crippen molar-refractivity contribution in [1.82, 2.24) is 24.6 Å². The van der Waals surface area contributed by atoms with Crippen LogP contribution in [0.3, 0.4) is 0 Å². The van der Waals surface area contributed by atoms with Crippen molar-refractivity contribution < 1.29 is 4.79 Å². The number of amides is 1. The fourth-order valence-corrected chi connectivity index (χ4v) is 3.16. The monoisotopic (exact) mass is 313 g/mol. The third-order valence-corrected chi connectivity index (χ3v) is 4.46. The summed E-state index contributed by atoms with van der Waals surface area (Å²) in [5.41, 5.74) is 2.93. The van der Waals surface area contributed by atoms with Crippen molar-refractivity contribution in [2.75, 3.05) is 13.1 Å². The van der Waals surface area contributed by atoms with E-state index >= 15 is 0 Å². The van der Waals surface area contributed by atoms with Gasteiger partial charge in [0.1, 0.15) is 5.82 Å². The van der Waals surface area contributed by atoms with E-state index in [0.717, 1.165) is 55.4 Å². The summed E-state index contributed by atoms with van der Waals surface area (Å²) in [4.78, 5) is 22.8. The first kappa shape index (κ1) is 15.6. The summed E-state index contributed by atoms with van der Waals surface area (Å²) in [5, 5.41) is 4.32. The molecule has 1 aliphatic heterocycles. The molecule has 3 heterocycles. The van der Waals surface area contributed by atoms with Crippen LogP contribution >= 0.6 is 0 Å². The van der Waals surface area contributed by atoms with Gasteiger partial charge in [-0.3, -0.25) is 9.48 Å². The second-order valence-electron chi connectivity index (χ2n) is 6.07. The predicted octanol–water partition coefficient (Wildman–Crippen LogP) is 2.39. The highest BCUT2D eigenvalue weighted by molar-refractivity contribution is 5.73. The molecule has 6 nitrogen and oxygen atoms in total. The standard InChI is InChI=1S/C17H23N5O/c1-4-22-16(5-8-18-22)15-11-12(2)19-17(20-15)14-6-9-21(10-7-14)13(3)23/h5,8,11,14H,4,6-7,9-10H2,1-3H3. The van der Waals surface area contributed by atoms with Gasteiger partial charge in [-0.25, -0.2) is 9.97 Å². The number of carbonyl (C=O) groups is 1. The van der Waals surface area contributed by atoms with E-state index in [1.165, 1.54) is 0 Å². The van der Waals surface area contributed by atoms with E-state index in [1.807, 2.05) is 28.6 Å². The molecule has 1 fully saturated rings. The van der Waals surface area contributed by atoms with Crippen LogP contribution < -0.4 is 0 Å². The molecule has 1 aliphatic rings. The summed E-state index contributed by atoms with van der Waals surface area (Å²) in [6, 6.07) is 4.00. The van der Waals surface area contributed by atoms with Crippen molar-refractivity contribution in [3.63, 3.8) is 0 Å². The van der Waals surface area contributed by atoms with Crippen LogP contribution in [0, 0.1) is 6.92 Å². The van der Waals surface area contributed by atoms with E-state index in [1.54, 1.807) is 13.1 Å². The minimum Gasteiger partial charge on any atom is -0.343 e. The molecule has 6 heteroatoms. The van der Waals surface area contributed by atoms with E-state index in [0.29, 0.717) is 5.92 Å². The zero-order valence-electron chi connectivity index (χ0n) is 14.0. The van der Waals surface area contributed by atoms with Crippen LogP contribution in [-0.4, -0.2) is 43.6 Å². The lowest BCUT2D eigenvalue weighted by Crippen LogP contribution is -2.36. The second-order valence-corrected chi connectivity index (χ2v) is 6.07. The molecule has 2 aromatic rings. The van der Waals surface area contributed by atoms with Crippen LogP contribution in [0.25, 0.3) is 11.4 Å². The first-order valence-electron chi connectivity index (χ1n) is 8.21. The van der Waals surface area contributed by atoms with Gasteiger partial charge in [-0.2, -0.15) is 5.10 Å². The molecule has 0 spiro atoms. The quantitative estimate of drug-likeness (QED) is 0.873. The van der Waals surface area contributed by atoms with Crippen LogP contribution in [0.1, 0.15) is 44.1 Å². The number of hydrogen-bond donors (Lipinski definition) is 0. The van der Waals surface area contributed by atoms with Gasteiger partial charge in [0.25, 0.3) is 0 Å². The summed E-state index contributed by atoms with van der Waals surface area (Å²) in [5.74, 6) is 1.37. The highest BCUT2D eigenvalue weighted by Gasteiger charge is 2.24. The molecule has 0 aromatic carbocycles. The van der Waals surface area contributed by atoms with Gasteiger partial charge in [-0.1, -0.05) is 0 Å². The van der Waals surface area contributed by atoms with E-state index < -0.39 is 0 Å². The molecule has 0 N–H and O–H groups in total.